The summed E-state index contributed by atoms with van der Waals surface area (Å²) in [6.45, 7) is 0.997. The molecule has 7 heteroatoms. The second-order valence-electron chi connectivity index (χ2n) is 11.7. The SMILES string of the molecule is Nc1ccccc1NC(=O)[C@H]1CCCN1C(=O)[C@@H]1CCCN1C(=O)CC(c1ccccc1)(c1ccccc1)c1ccccc1. The van der Waals surface area contributed by atoms with Crippen molar-refractivity contribution in [2.24, 2.45) is 0 Å². The highest BCUT2D eigenvalue weighted by atomic mass is 16.2. The Bertz CT molecular complexity index is 1510. The van der Waals surface area contributed by atoms with E-state index in [9.17, 15) is 14.4 Å². The number of rotatable bonds is 8. The number of carbonyl (C=O) groups is 3. The van der Waals surface area contributed by atoms with E-state index in [-0.39, 0.29) is 24.1 Å². The van der Waals surface area contributed by atoms with Crippen LogP contribution in [0.4, 0.5) is 11.4 Å². The number of amides is 3. The standard InChI is InChI=1S/C37H38N4O3/c38-30-20-10-11-21-31(30)39-35(43)32-22-12-25-41(32)36(44)33-23-13-24-40(33)34(42)26-37(27-14-4-1-5-15-27,28-16-6-2-7-17-28)29-18-8-3-9-19-29/h1-11,14-21,32-33H,12-13,22-26,38H2,(H,39,43)/t32-,33+/m1/s1. The molecule has 0 spiro atoms. The van der Waals surface area contributed by atoms with Gasteiger partial charge in [0.25, 0.3) is 0 Å². The first-order chi connectivity index (χ1) is 21.5. The fourth-order valence-corrected chi connectivity index (χ4v) is 6.95. The molecule has 3 amide bonds. The molecule has 4 aromatic rings. The van der Waals surface area contributed by atoms with Gasteiger partial charge in [-0.05, 0) is 54.5 Å². The highest BCUT2D eigenvalue weighted by Gasteiger charge is 2.45. The second kappa shape index (κ2) is 12.8. The van der Waals surface area contributed by atoms with Gasteiger partial charge in [-0.2, -0.15) is 0 Å². The zero-order valence-corrected chi connectivity index (χ0v) is 24.8. The number of likely N-dealkylation sites (tertiary alicyclic amines) is 2. The Morgan fingerprint density at radius 1 is 0.659 bits per heavy atom. The average molecular weight is 587 g/mol. The lowest BCUT2D eigenvalue weighted by molar-refractivity contribution is -0.146. The Morgan fingerprint density at radius 3 is 1.68 bits per heavy atom. The average Bonchev–Trinajstić information content (AvgIpc) is 3.77. The highest BCUT2D eigenvalue weighted by Crippen LogP contribution is 2.43. The van der Waals surface area contributed by atoms with Crippen molar-refractivity contribution in [1.29, 1.82) is 0 Å². The summed E-state index contributed by atoms with van der Waals surface area (Å²) in [5.74, 6) is -0.477. The van der Waals surface area contributed by atoms with Gasteiger partial charge >= 0.3 is 0 Å². The fraction of sp³-hybridized carbons (Fsp3) is 0.270. The molecule has 0 unspecified atom stereocenters. The quantitative estimate of drug-likeness (QED) is 0.207. The molecule has 2 aliphatic rings. The molecule has 0 aliphatic carbocycles. The largest absolute Gasteiger partial charge is 0.397 e. The molecule has 2 heterocycles. The van der Waals surface area contributed by atoms with Crippen molar-refractivity contribution < 1.29 is 14.4 Å². The predicted molar refractivity (Wildman–Crippen MR) is 173 cm³/mol. The number of anilines is 2. The lowest BCUT2D eigenvalue weighted by Gasteiger charge is -2.38. The summed E-state index contributed by atoms with van der Waals surface area (Å²) >= 11 is 0. The number of para-hydroxylation sites is 2. The second-order valence-corrected chi connectivity index (χ2v) is 11.7. The van der Waals surface area contributed by atoms with Crippen molar-refractivity contribution in [3.8, 4) is 0 Å². The highest BCUT2D eigenvalue weighted by molar-refractivity contribution is 6.00. The first-order valence-corrected chi connectivity index (χ1v) is 15.4. The first kappa shape index (κ1) is 29.2. The van der Waals surface area contributed by atoms with Crippen molar-refractivity contribution in [1.82, 2.24) is 9.80 Å². The Morgan fingerprint density at radius 2 is 1.14 bits per heavy atom. The number of hydrogen-bond acceptors (Lipinski definition) is 4. The van der Waals surface area contributed by atoms with Gasteiger partial charge in [0.15, 0.2) is 0 Å². The monoisotopic (exact) mass is 586 g/mol. The summed E-state index contributed by atoms with van der Waals surface area (Å²) in [7, 11) is 0. The van der Waals surface area contributed by atoms with Gasteiger partial charge in [-0.15, -0.1) is 0 Å². The number of benzene rings is 4. The molecule has 0 saturated carbocycles. The molecule has 224 valence electrons. The van der Waals surface area contributed by atoms with E-state index in [2.05, 4.69) is 41.7 Å². The number of nitrogens with two attached hydrogens (primary N) is 1. The minimum atomic E-state index is -0.747. The van der Waals surface area contributed by atoms with Gasteiger partial charge in [-0.3, -0.25) is 14.4 Å². The normalized spacial score (nSPS) is 18.3. The van der Waals surface area contributed by atoms with E-state index >= 15 is 0 Å². The molecule has 2 saturated heterocycles. The third kappa shape index (κ3) is 5.57. The Hall–Kier alpha value is -4.91. The van der Waals surface area contributed by atoms with Crippen molar-refractivity contribution >= 4 is 29.1 Å². The Labute approximate surface area is 258 Å². The summed E-state index contributed by atoms with van der Waals surface area (Å²) in [6.07, 6.45) is 2.79. The molecule has 6 rings (SSSR count). The summed E-state index contributed by atoms with van der Waals surface area (Å²) in [6, 6.07) is 36.3. The van der Waals surface area contributed by atoms with Crippen LogP contribution < -0.4 is 11.1 Å². The first-order valence-electron chi connectivity index (χ1n) is 15.4. The molecule has 2 fully saturated rings. The zero-order valence-electron chi connectivity index (χ0n) is 24.8. The van der Waals surface area contributed by atoms with Crippen LogP contribution >= 0.6 is 0 Å². The van der Waals surface area contributed by atoms with Crippen molar-refractivity contribution in [2.75, 3.05) is 24.1 Å². The molecule has 2 aliphatic heterocycles. The lowest BCUT2D eigenvalue weighted by Crippen LogP contribution is -2.52. The van der Waals surface area contributed by atoms with E-state index < -0.39 is 17.5 Å². The van der Waals surface area contributed by atoms with Crippen LogP contribution in [0.3, 0.4) is 0 Å². The van der Waals surface area contributed by atoms with Gasteiger partial charge in [0.1, 0.15) is 12.1 Å². The third-order valence-corrected chi connectivity index (χ3v) is 9.13. The van der Waals surface area contributed by atoms with Gasteiger partial charge in [-0.25, -0.2) is 0 Å². The van der Waals surface area contributed by atoms with Crippen LogP contribution in [0.2, 0.25) is 0 Å². The third-order valence-electron chi connectivity index (χ3n) is 9.13. The van der Waals surface area contributed by atoms with E-state index in [1.807, 2.05) is 66.7 Å². The number of carbonyl (C=O) groups excluding carboxylic acids is 3. The van der Waals surface area contributed by atoms with E-state index in [1.54, 1.807) is 21.9 Å². The lowest BCUT2D eigenvalue weighted by atomic mass is 9.67. The Balaban J connectivity index is 1.29. The molecular weight excluding hydrogens is 548 g/mol. The number of nitrogens with zero attached hydrogens (tertiary/aromatic N) is 2. The molecule has 0 radical (unpaired) electrons. The van der Waals surface area contributed by atoms with Gasteiger partial charge in [-0.1, -0.05) is 103 Å². The van der Waals surface area contributed by atoms with Crippen LogP contribution in [0.25, 0.3) is 0 Å². The van der Waals surface area contributed by atoms with Gasteiger partial charge in [0.2, 0.25) is 17.7 Å². The number of nitrogens with one attached hydrogen (secondary N) is 1. The maximum Gasteiger partial charge on any atom is 0.247 e. The number of nitrogen functional groups attached to an aromatic ring is 1. The van der Waals surface area contributed by atoms with Gasteiger partial charge in [0, 0.05) is 19.5 Å². The summed E-state index contributed by atoms with van der Waals surface area (Å²) in [5, 5.41) is 2.91. The van der Waals surface area contributed by atoms with Gasteiger partial charge < -0.3 is 20.9 Å². The number of hydrogen-bond donors (Lipinski definition) is 2. The molecule has 0 aromatic heterocycles. The van der Waals surface area contributed by atoms with E-state index in [0.29, 0.717) is 37.3 Å². The molecule has 2 atom stereocenters. The molecule has 0 bridgehead atoms. The van der Waals surface area contributed by atoms with Crippen molar-refractivity contribution in [3.05, 3.63) is 132 Å². The van der Waals surface area contributed by atoms with Crippen LogP contribution in [0.5, 0.6) is 0 Å². The van der Waals surface area contributed by atoms with Crippen LogP contribution in [0.15, 0.2) is 115 Å². The summed E-state index contributed by atoms with van der Waals surface area (Å²) in [4.78, 5) is 45.3. The molecule has 3 N–H and O–H groups in total. The molecule has 4 aromatic carbocycles. The zero-order chi connectivity index (χ0) is 30.5. The minimum Gasteiger partial charge on any atom is -0.397 e. The molecular formula is C37H38N4O3. The Kier molecular flexibility index (Phi) is 8.46. The molecule has 7 nitrogen and oxygen atoms in total. The van der Waals surface area contributed by atoms with Crippen LogP contribution in [0, 0.1) is 0 Å². The van der Waals surface area contributed by atoms with E-state index in [4.69, 9.17) is 5.73 Å². The maximum absolute atomic E-state index is 14.5. The minimum absolute atomic E-state index is 0.0744. The van der Waals surface area contributed by atoms with Gasteiger partial charge in [0.05, 0.1) is 16.8 Å². The van der Waals surface area contributed by atoms with Crippen molar-refractivity contribution in [2.45, 2.75) is 49.6 Å². The van der Waals surface area contributed by atoms with Crippen molar-refractivity contribution in [3.63, 3.8) is 0 Å². The smallest absolute Gasteiger partial charge is 0.247 e. The summed E-state index contributed by atoms with van der Waals surface area (Å²) < 4.78 is 0. The predicted octanol–water partition coefficient (Wildman–Crippen LogP) is 5.61. The van der Waals surface area contributed by atoms with E-state index in [0.717, 1.165) is 29.5 Å². The van der Waals surface area contributed by atoms with Crippen LogP contribution in [0.1, 0.15) is 48.8 Å². The summed E-state index contributed by atoms with van der Waals surface area (Å²) in [5.41, 5.74) is 9.37. The van der Waals surface area contributed by atoms with Crippen LogP contribution in [-0.4, -0.2) is 52.7 Å². The molecule has 44 heavy (non-hydrogen) atoms. The topological polar surface area (TPSA) is 95.7 Å². The van der Waals surface area contributed by atoms with E-state index in [1.165, 1.54) is 0 Å². The van der Waals surface area contributed by atoms with Crippen LogP contribution in [-0.2, 0) is 19.8 Å². The maximum atomic E-state index is 14.5. The fourth-order valence-electron chi connectivity index (χ4n) is 6.95.